The lowest BCUT2D eigenvalue weighted by Gasteiger charge is -2.31. The van der Waals surface area contributed by atoms with Crippen LogP contribution in [0.4, 0.5) is 4.39 Å². The third-order valence-corrected chi connectivity index (χ3v) is 6.29. The van der Waals surface area contributed by atoms with Crippen LogP contribution < -0.4 is 0 Å². The Kier molecular flexibility index (Phi) is 5.25. The highest BCUT2D eigenvalue weighted by atomic mass is 19.1. The van der Waals surface area contributed by atoms with Crippen LogP contribution in [-0.4, -0.2) is 10.2 Å². The predicted octanol–water partition coefficient (Wildman–Crippen LogP) is 7.19. The van der Waals surface area contributed by atoms with Crippen molar-refractivity contribution in [2.45, 2.75) is 25.7 Å². The lowest BCUT2D eigenvalue weighted by atomic mass is 9.73. The van der Waals surface area contributed by atoms with Gasteiger partial charge in [0.1, 0.15) is 0 Å². The maximum atomic E-state index is 14.3. The van der Waals surface area contributed by atoms with E-state index in [4.69, 9.17) is 0 Å². The molecule has 4 aromatic rings. The zero-order valence-corrected chi connectivity index (χ0v) is 17.4. The molecule has 31 heavy (non-hydrogen) atoms. The van der Waals surface area contributed by atoms with Crippen molar-refractivity contribution in [3.63, 3.8) is 0 Å². The summed E-state index contributed by atoms with van der Waals surface area (Å²) >= 11 is 0. The summed E-state index contributed by atoms with van der Waals surface area (Å²) in [4.78, 5) is 0. The fourth-order valence-electron chi connectivity index (χ4n) is 4.49. The first-order valence-corrected chi connectivity index (χ1v) is 10.9. The second-order valence-electron chi connectivity index (χ2n) is 8.24. The molecule has 0 bridgehead atoms. The Morgan fingerprint density at radius 2 is 1.71 bits per heavy atom. The van der Waals surface area contributed by atoms with Gasteiger partial charge in [-0.15, -0.1) is 6.58 Å². The van der Waals surface area contributed by atoms with Gasteiger partial charge in [0, 0.05) is 0 Å². The summed E-state index contributed by atoms with van der Waals surface area (Å²) in [5.74, 6) is 0.123. The number of halogens is 1. The van der Waals surface area contributed by atoms with E-state index < -0.39 is 0 Å². The number of hydrogen-bond acceptors (Lipinski definition) is 1. The minimum absolute atomic E-state index is 0.387. The summed E-state index contributed by atoms with van der Waals surface area (Å²) in [5.41, 5.74) is 7.84. The van der Waals surface area contributed by atoms with Gasteiger partial charge < -0.3 is 0 Å². The largest absolute Gasteiger partial charge is 0.252 e. The van der Waals surface area contributed by atoms with E-state index in [0.29, 0.717) is 16.8 Å². The molecule has 2 nitrogen and oxygen atoms in total. The van der Waals surface area contributed by atoms with Gasteiger partial charge in [-0.05, 0) is 70.7 Å². The van der Waals surface area contributed by atoms with E-state index in [-0.39, 0.29) is 5.95 Å². The van der Waals surface area contributed by atoms with Crippen LogP contribution in [0.25, 0.3) is 22.0 Å². The van der Waals surface area contributed by atoms with Gasteiger partial charge in [-0.2, -0.15) is 9.49 Å². The molecule has 0 radical (unpaired) electrons. The van der Waals surface area contributed by atoms with Crippen LogP contribution in [0.15, 0.2) is 85.5 Å². The maximum Gasteiger partial charge on any atom is 0.216 e. The van der Waals surface area contributed by atoms with Crippen molar-refractivity contribution in [2.24, 2.45) is 5.92 Å². The number of nitrogens with zero attached hydrogens (tertiary/aromatic N) is 1. The summed E-state index contributed by atoms with van der Waals surface area (Å²) in [6, 6.07) is 25.2. The number of hydrogen-bond donors (Lipinski definition) is 1. The van der Waals surface area contributed by atoms with E-state index in [9.17, 15) is 4.39 Å². The van der Waals surface area contributed by atoms with Crippen molar-refractivity contribution in [1.29, 1.82) is 0 Å². The van der Waals surface area contributed by atoms with E-state index >= 15 is 0 Å². The van der Waals surface area contributed by atoms with Crippen molar-refractivity contribution in [2.75, 3.05) is 0 Å². The summed E-state index contributed by atoms with van der Waals surface area (Å²) < 4.78 is 14.3. The van der Waals surface area contributed by atoms with Crippen molar-refractivity contribution < 1.29 is 4.39 Å². The third-order valence-electron chi connectivity index (χ3n) is 6.29. The van der Waals surface area contributed by atoms with E-state index in [0.717, 1.165) is 17.5 Å². The number of allylic oxidation sites excluding steroid dienone is 2. The predicted molar refractivity (Wildman–Crippen MR) is 126 cm³/mol. The molecule has 1 saturated carbocycles. The third kappa shape index (κ3) is 3.72. The topological polar surface area (TPSA) is 28.7 Å². The molecule has 154 valence electrons. The second kappa shape index (κ2) is 8.35. The highest BCUT2D eigenvalue weighted by Gasteiger charge is 2.27. The Hall–Kier alpha value is -3.46. The lowest BCUT2D eigenvalue weighted by molar-refractivity contribution is 0.401. The molecule has 0 spiro atoms. The lowest BCUT2D eigenvalue weighted by Crippen LogP contribution is -2.15. The number of nitrogens with one attached hydrogen (secondary N) is 1. The number of benzene rings is 3. The average molecular weight is 409 g/mol. The number of fused-ring (bicyclic) bond motifs is 1. The van der Waals surface area contributed by atoms with Crippen LogP contribution in [-0.2, 0) is 6.42 Å². The van der Waals surface area contributed by atoms with Crippen molar-refractivity contribution >= 4 is 22.0 Å². The van der Waals surface area contributed by atoms with Gasteiger partial charge in [0.2, 0.25) is 5.95 Å². The van der Waals surface area contributed by atoms with E-state index in [1.807, 2.05) is 18.2 Å². The van der Waals surface area contributed by atoms with E-state index in [1.165, 1.54) is 41.5 Å². The Morgan fingerprint density at radius 3 is 2.39 bits per heavy atom. The normalized spacial score (nSPS) is 14.9. The monoisotopic (exact) mass is 408 g/mol. The molecule has 3 heteroatoms. The summed E-state index contributed by atoms with van der Waals surface area (Å²) in [5, 5.41) is 7.06. The van der Waals surface area contributed by atoms with E-state index in [2.05, 4.69) is 77.4 Å². The van der Waals surface area contributed by atoms with Gasteiger partial charge in [-0.3, -0.25) is 5.10 Å². The first kappa shape index (κ1) is 19.5. The standard InChI is InChI=1S/C28H25FN2/c1-2-7-19-12-14-22(15-13-19)27(23-16-17-25-24(18-23)28(29)31-30-25)26(21-10-6-11-21)20-8-4-3-5-9-20/h2-5,8-9,12-18,21H,1,6-7,10-11H2,(H,30,31)/b27-26-. The minimum atomic E-state index is -0.387. The van der Waals surface area contributed by atoms with Crippen LogP contribution in [0.5, 0.6) is 0 Å². The summed E-state index contributed by atoms with van der Waals surface area (Å²) in [7, 11) is 0. The molecule has 1 aromatic heterocycles. The van der Waals surface area contributed by atoms with Gasteiger partial charge in [0.05, 0.1) is 10.9 Å². The zero-order valence-electron chi connectivity index (χ0n) is 17.4. The average Bonchev–Trinajstić information content (AvgIpc) is 3.14. The van der Waals surface area contributed by atoms with E-state index in [1.54, 1.807) is 0 Å². The quantitative estimate of drug-likeness (QED) is 0.265. The van der Waals surface area contributed by atoms with Crippen LogP contribution in [0, 0.1) is 11.9 Å². The SMILES string of the molecule is C=CCc1ccc(/C(=C(\c2ccccc2)C2CCC2)c2ccc3n[nH]c(F)c3c2)cc1. The van der Waals surface area contributed by atoms with Crippen LogP contribution in [0.3, 0.4) is 0 Å². The molecule has 0 unspecified atom stereocenters. The highest BCUT2D eigenvalue weighted by Crippen LogP contribution is 2.45. The molecule has 1 heterocycles. The van der Waals surface area contributed by atoms with Gasteiger partial charge in [-0.25, -0.2) is 0 Å². The number of aromatic amines is 1. The van der Waals surface area contributed by atoms with Gasteiger partial charge in [0.25, 0.3) is 0 Å². The van der Waals surface area contributed by atoms with Crippen molar-refractivity contribution in [1.82, 2.24) is 10.2 Å². The molecule has 3 aromatic carbocycles. The minimum Gasteiger partial charge on any atom is -0.252 e. The number of aromatic nitrogens is 2. The van der Waals surface area contributed by atoms with Crippen molar-refractivity contribution in [3.8, 4) is 0 Å². The van der Waals surface area contributed by atoms with Gasteiger partial charge in [-0.1, -0.05) is 73.2 Å². The molecule has 0 atom stereocenters. The summed E-state index contributed by atoms with van der Waals surface area (Å²) in [6.07, 6.45) is 6.39. The molecule has 5 rings (SSSR count). The molecular weight excluding hydrogens is 383 g/mol. The molecule has 0 amide bonds. The smallest absolute Gasteiger partial charge is 0.216 e. The fraction of sp³-hybridized carbons (Fsp3) is 0.179. The Labute approximate surface area is 182 Å². The molecule has 1 aliphatic rings. The maximum absolute atomic E-state index is 14.3. The van der Waals surface area contributed by atoms with Crippen LogP contribution >= 0.6 is 0 Å². The number of H-pyrrole nitrogens is 1. The zero-order chi connectivity index (χ0) is 21.2. The fourth-order valence-corrected chi connectivity index (χ4v) is 4.49. The molecule has 1 fully saturated rings. The van der Waals surface area contributed by atoms with Gasteiger partial charge >= 0.3 is 0 Å². The Morgan fingerprint density at radius 1 is 0.968 bits per heavy atom. The highest BCUT2D eigenvalue weighted by molar-refractivity contribution is 6.01. The first-order chi connectivity index (χ1) is 15.2. The second-order valence-corrected chi connectivity index (χ2v) is 8.24. The molecule has 0 saturated heterocycles. The molecule has 1 aliphatic carbocycles. The van der Waals surface area contributed by atoms with Crippen LogP contribution in [0.1, 0.15) is 41.5 Å². The first-order valence-electron chi connectivity index (χ1n) is 10.9. The Bertz CT molecular complexity index is 1250. The summed E-state index contributed by atoms with van der Waals surface area (Å²) in [6.45, 7) is 3.85. The number of rotatable bonds is 6. The molecule has 0 aliphatic heterocycles. The van der Waals surface area contributed by atoms with Gasteiger partial charge in [0.15, 0.2) is 0 Å². The van der Waals surface area contributed by atoms with Crippen LogP contribution in [0.2, 0.25) is 0 Å². The van der Waals surface area contributed by atoms with Crippen molar-refractivity contribution in [3.05, 3.63) is 114 Å². The Balaban J connectivity index is 1.77. The molecule has 1 N–H and O–H groups in total. The molecular formula is C28H25FN2.